The van der Waals surface area contributed by atoms with E-state index >= 15 is 0 Å². The Balaban J connectivity index is 2.19. The summed E-state index contributed by atoms with van der Waals surface area (Å²) in [7, 11) is 1.56. The standard InChI is InChI=1S/C13H13ClN4O2/c1-8(10-7-9(20-2)3-4-11(10)19)15-17-13-6-5-12(14)16-18-13/h3-7,19H,1-2H3,(H,17,18)/b15-8-. The van der Waals surface area contributed by atoms with Gasteiger partial charge in [0.1, 0.15) is 11.5 Å². The van der Waals surface area contributed by atoms with Gasteiger partial charge in [0.15, 0.2) is 11.0 Å². The molecular weight excluding hydrogens is 280 g/mol. The summed E-state index contributed by atoms with van der Waals surface area (Å²) in [4.78, 5) is 0. The van der Waals surface area contributed by atoms with Gasteiger partial charge in [-0.2, -0.15) is 5.10 Å². The molecule has 2 aromatic rings. The molecule has 0 saturated heterocycles. The largest absolute Gasteiger partial charge is 0.507 e. The molecule has 0 saturated carbocycles. The molecule has 6 nitrogen and oxygen atoms in total. The van der Waals surface area contributed by atoms with Crippen molar-refractivity contribution in [2.75, 3.05) is 12.5 Å². The van der Waals surface area contributed by atoms with Crippen molar-refractivity contribution in [2.45, 2.75) is 6.92 Å². The Hall–Kier alpha value is -2.34. The van der Waals surface area contributed by atoms with Crippen molar-refractivity contribution >= 4 is 23.1 Å². The van der Waals surface area contributed by atoms with Gasteiger partial charge in [0, 0.05) is 5.56 Å². The van der Waals surface area contributed by atoms with Crippen LogP contribution in [-0.2, 0) is 0 Å². The molecule has 0 radical (unpaired) electrons. The second kappa shape index (κ2) is 6.21. The molecule has 0 fully saturated rings. The van der Waals surface area contributed by atoms with Gasteiger partial charge in [-0.3, -0.25) is 5.43 Å². The summed E-state index contributed by atoms with van der Waals surface area (Å²) in [5.41, 5.74) is 3.89. The van der Waals surface area contributed by atoms with Crippen molar-refractivity contribution in [1.82, 2.24) is 10.2 Å². The minimum atomic E-state index is 0.121. The summed E-state index contributed by atoms with van der Waals surface area (Å²) in [6.45, 7) is 1.75. The Morgan fingerprint density at radius 2 is 2.10 bits per heavy atom. The van der Waals surface area contributed by atoms with Crippen LogP contribution in [0.1, 0.15) is 12.5 Å². The first kappa shape index (κ1) is 14.1. The van der Waals surface area contributed by atoms with Crippen LogP contribution in [0.3, 0.4) is 0 Å². The van der Waals surface area contributed by atoms with Gasteiger partial charge >= 0.3 is 0 Å². The number of methoxy groups -OCH3 is 1. The number of phenols is 1. The number of nitrogens with zero attached hydrogens (tertiary/aromatic N) is 3. The SMILES string of the molecule is COc1ccc(O)c(/C(C)=N\Nc2ccc(Cl)nn2)c1. The first-order chi connectivity index (χ1) is 9.60. The minimum Gasteiger partial charge on any atom is -0.507 e. The van der Waals surface area contributed by atoms with Gasteiger partial charge in [-0.15, -0.1) is 10.2 Å². The van der Waals surface area contributed by atoms with E-state index in [0.29, 0.717) is 28.0 Å². The van der Waals surface area contributed by atoms with Crippen LogP contribution in [0, 0.1) is 0 Å². The average molecular weight is 293 g/mol. The predicted octanol–water partition coefficient (Wildman–Crippen LogP) is 2.68. The normalized spacial score (nSPS) is 11.2. The number of hydrazone groups is 1. The van der Waals surface area contributed by atoms with Crippen LogP contribution < -0.4 is 10.2 Å². The van der Waals surface area contributed by atoms with E-state index in [9.17, 15) is 5.11 Å². The highest BCUT2D eigenvalue weighted by molar-refractivity contribution is 6.29. The molecule has 0 unspecified atom stereocenters. The summed E-state index contributed by atoms with van der Waals surface area (Å²) < 4.78 is 5.11. The lowest BCUT2D eigenvalue weighted by Crippen LogP contribution is -2.02. The summed E-state index contributed by atoms with van der Waals surface area (Å²) in [6, 6.07) is 8.17. The van der Waals surface area contributed by atoms with Gasteiger partial charge in [0.2, 0.25) is 0 Å². The number of ether oxygens (including phenoxy) is 1. The van der Waals surface area contributed by atoms with Crippen LogP contribution >= 0.6 is 11.6 Å². The fourth-order valence-electron chi connectivity index (χ4n) is 1.51. The van der Waals surface area contributed by atoms with E-state index in [0.717, 1.165) is 0 Å². The maximum atomic E-state index is 9.82. The number of benzene rings is 1. The molecule has 1 aromatic heterocycles. The monoisotopic (exact) mass is 292 g/mol. The smallest absolute Gasteiger partial charge is 0.168 e. The third kappa shape index (κ3) is 3.36. The molecule has 1 heterocycles. The van der Waals surface area contributed by atoms with E-state index < -0.39 is 0 Å². The zero-order valence-electron chi connectivity index (χ0n) is 11.0. The highest BCUT2D eigenvalue weighted by atomic mass is 35.5. The molecule has 2 N–H and O–H groups in total. The van der Waals surface area contributed by atoms with Crippen molar-refractivity contribution in [2.24, 2.45) is 5.10 Å². The van der Waals surface area contributed by atoms with Crippen LogP contribution in [-0.4, -0.2) is 28.1 Å². The zero-order chi connectivity index (χ0) is 14.5. The molecule has 0 aliphatic heterocycles. The number of phenolic OH excluding ortho intramolecular Hbond substituents is 1. The van der Waals surface area contributed by atoms with E-state index in [2.05, 4.69) is 20.7 Å². The average Bonchev–Trinajstić information content (AvgIpc) is 2.47. The van der Waals surface area contributed by atoms with Gasteiger partial charge in [0.25, 0.3) is 0 Å². The Kier molecular flexibility index (Phi) is 4.37. The lowest BCUT2D eigenvalue weighted by Gasteiger charge is -2.07. The van der Waals surface area contributed by atoms with Gasteiger partial charge in [-0.05, 0) is 37.3 Å². The van der Waals surface area contributed by atoms with Crippen LogP contribution in [0.5, 0.6) is 11.5 Å². The molecule has 7 heteroatoms. The summed E-state index contributed by atoms with van der Waals surface area (Å²) in [5.74, 6) is 1.21. The first-order valence-electron chi connectivity index (χ1n) is 5.77. The highest BCUT2D eigenvalue weighted by Crippen LogP contribution is 2.23. The molecule has 0 bridgehead atoms. The lowest BCUT2D eigenvalue weighted by molar-refractivity contribution is 0.412. The third-order valence-corrected chi connectivity index (χ3v) is 2.77. The minimum absolute atomic E-state index is 0.121. The molecule has 104 valence electrons. The highest BCUT2D eigenvalue weighted by Gasteiger charge is 2.06. The maximum absolute atomic E-state index is 9.82. The number of aromatic hydroxyl groups is 1. The van der Waals surface area contributed by atoms with Crippen LogP contribution in [0.25, 0.3) is 0 Å². The van der Waals surface area contributed by atoms with E-state index in [1.54, 1.807) is 44.4 Å². The van der Waals surface area contributed by atoms with Gasteiger partial charge in [-0.25, -0.2) is 0 Å². The predicted molar refractivity (Wildman–Crippen MR) is 77.5 cm³/mol. The Morgan fingerprint density at radius 3 is 2.75 bits per heavy atom. The molecule has 0 spiro atoms. The van der Waals surface area contributed by atoms with Crippen molar-refractivity contribution in [3.63, 3.8) is 0 Å². The number of hydrogen-bond donors (Lipinski definition) is 2. The summed E-state index contributed by atoms with van der Waals surface area (Å²) in [6.07, 6.45) is 0. The van der Waals surface area contributed by atoms with E-state index in [-0.39, 0.29) is 5.75 Å². The number of rotatable bonds is 4. The topological polar surface area (TPSA) is 79.6 Å². The molecule has 2 rings (SSSR count). The van der Waals surface area contributed by atoms with Gasteiger partial charge in [0.05, 0.1) is 12.8 Å². The van der Waals surface area contributed by atoms with Crippen molar-refractivity contribution < 1.29 is 9.84 Å². The number of nitrogens with one attached hydrogen (secondary N) is 1. The second-order valence-corrected chi connectivity index (χ2v) is 4.32. The third-order valence-electron chi connectivity index (χ3n) is 2.56. The molecule has 0 aliphatic carbocycles. The number of aromatic nitrogens is 2. The second-order valence-electron chi connectivity index (χ2n) is 3.93. The Bertz CT molecular complexity index is 629. The van der Waals surface area contributed by atoms with Crippen molar-refractivity contribution in [3.8, 4) is 11.5 Å². The number of halogens is 1. The zero-order valence-corrected chi connectivity index (χ0v) is 11.7. The maximum Gasteiger partial charge on any atom is 0.168 e. The molecule has 0 amide bonds. The van der Waals surface area contributed by atoms with Gasteiger partial charge in [-0.1, -0.05) is 11.6 Å². The molecule has 0 atom stereocenters. The molecule has 1 aromatic carbocycles. The van der Waals surface area contributed by atoms with E-state index in [4.69, 9.17) is 16.3 Å². The van der Waals surface area contributed by atoms with Crippen molar-refractivity contribution in [1.29, 1.82) is 0 Å². The number of anilines is 1. The summed E-state index contributed by atoms with van der Waals surface area (Å²) >= 11 is 5.64. The Morgan fingerprint density at radius 1 is 1.30 bits per heavy atom. The fraction of sp³-hybridized carbons (Fsp3) is 0.154. The molecule has 0 aliphatic rings. The van der Waals surface area contributed by atoms with E-state index in [1.165, 1.54) is 0 Å². The van der Waals surface area contributed by atoms with E-state index in [1.807, 2.05) is 0 Å². The van der Waals surface area contributed by atoms with Gasteiger partial charge < -0.3 is 9.84 Å². The first-order valence-corrected chi connectivity index (χ1v) is 6.15. The van der Waals surface area contributed by atoms with Crippen LogP contribution in [0.2, 0.25) is 5.15 Å². The summed E-state index contributed by atoms with van der Waals surface area (Å²) in [5, 5.41) is 21.8. The number of hydrogen-bond acceptors (Lipinski definition) is 6. The lowest BCUT2D eigenvalue weighted by atomic mass is 10.1. The molecular formula is C13H13ClN4O2. The Labute approximate surface area is 121 Å². The fourth-order valence-corrected chi connectivity index (χ4v) is 1.61. The quantitative estimate of drug-likeness (QED) is 0.669. The molecule has 20 heavy (non-hydrogen) atoms. The van der Waals surface area contributed by atoms with Crippen molar-refractivity contribution in [3.05, 3.63) is 41.0 Å². The van der Waals surface area contributed by atoms with Crippen LogP contribution in [0.15, 0.2) is 35.4 Å². The van der Waals surface area contributed by atoms with Crippen LogP contribution in [0.4, 0.5) is 5.82 Å².